The molecule has 132 valence electrons. The van der Waals surface area contributed by atoms with Crippen molar-refractivity contribution in [1.82, 2.24) is 4.90 Å². The minimum Gasteiger partial charge on any atom is -0.425 e. The molecule has 3 nitrogen and oxygen atoms in total. The number of carbonyl (C=O) groups is 1. The van der Waals surface area contributed by atoms with E-state index in [9.17, 15) is 4.79 Å². The topological polar surface area (TPSA) is 29.5 Å². The second kappa shape index (κ2) is 9.02. The highest BCUT2D eigenvalue weighted by Gasteiger charge is 2.19. The number of likely N-dealkylation sites (tertiary alicyclic amines) is 1. The lowest BCUT2D eigenvalue weighted by molar-refractivity contribution is -0.134. The van der Waals surface area contributed by atoms with Gasteiger partial charge in [0.15, 0.2) is 5.38 Å². The third kappa shape index (κ3) is 5.32. The molecule has 2 aromatic carbocycles. The molecule has 0 spiro atoms. The Morgan fingerprint density at radius 3 is 2.36 bits per heavy atom. The molecule has 1 aliphatic rings. The number of halogens is 1. The molecule has 1 unspecified atom stereocenters. The Hall–Kier alpha value is -1.84. The van der Waals surface area contributed by atoms with Crippen molar-refractivity contribution in [3.8, 4) is 5.75 Å². The molecule has 2 aromatic rings. The molecule has 0 saturated carbocycles. The first-order valence-electron chi connectivity index (χ1n) is 8.94. The van der Waals surface area contributed by atoms with Crippen molar-refractivity contribution in [3.63, 3.8) is 0 Å². The molecule has 1 atom stereocenters. The van der Waals surface area contributed by atoms with Crippen LogP contribution in [0.1, 0.15) is 35.8 Å². The molecule has 1 saturated heterocycles. The van der Waals surface area contributed by atoms with E-state index in [1.165, 1.54) is 37.9 Å². The highest BCUT2D eigenvalue weighted by molar-refractivity contribution is 6.30. The molecule has 0 radical (unpaired) electrons. The molecular formula is C21H24ClNO2. The monoisotopic (exact) mass is 357 g/mol. The minimum atomic E-state index is -0.792. The van der Waals surface area contributed by atoms with Gasteiger partial charge in [-0.15, -0.1) is 11.6 Å². The predicted molar refractivity (Wildman–Crippen MR) is 101 cm³/mol. The number of piperidine rings is 1. The number of benzene rings is 2. The number of alkyl halides is 1. The third-order valence-corrected chi connectivity index (χ3v) is 5.04. The van der Waals surface area contributed by atoms with Crippen molar-refractivity contribution in [2.45, 2.75) is 31.1 Å². The number of hydrogen-bond acceptors (Lipinski definition) is 3. The maximum Gasteiger partial charge on any atom is 0.334 e. The van der Waals surface area contributed by atoms with E-state index in [0.717, 1.165) is 18.5 Å². The van der Waals surface area contributed by atoms with Crippen LogP contribution in [0, 0.1) is 0 Å². The zero-order valence-corrected chi connectivity index (χ0v) is 15.1. The summed E-state index contributed by atoms with van der Waals surface area (Å²) in [5.74, 6) is 0.0854. The van der Waals surface area contributed by atoms with Crippen molar-refractivity contribution in [1.29, 1.82) is 0 Å². The highest BCUT2D eigenvalue weighted by atomic mass is 35.5. The van der Waals surface area contributed by atoms with Gasteiger partial charge in [0.2, 0.25) is 0 Å². The Kier molecular flexibility index (Phi) is 6.48. The number of rotatable bonds is 6. The van der Waals surface area contributed by atoms with Crippen molar-refractivity contribution in [2.75, 3.05) is 19.6 Å². The van der Waals surface area contributed by atoms with Crippen LogP contribution in [0.2, 0.25) is 0 Å². The van der Waals surface area contributed by atoms with Crippen molar-refractivity contribution >= 4 is 17.6 Å². The number of nitrogens with zero attached hydrogens (tertiary/aromatic N) is 1. The molecule has 3 rings (SSSR count). The SMILES string of the molecule is O=C(Oc1ccc(CCN2CCCCC2)cc1)C(Cl)c1ccccc1. The maximum absolute atomic E-state index is 12.2. The molecule has 0 aliphatic carbocycles. The largest absolute Gasteiger partial charge is 0.425 e. The van der Waals surface area contributed by atoms with Gasteiger partial charge < -0.3 is 9.64 Å². The Morgan fingerprint density at radius 2 is 1.68 bits per heavy atom. The number of ether oxygens (including phenoxy) is 1. The van der Waals surface area contributed by atoms with Crippen molar-refractivity contribution < 1.29 is 9.53 Å². The highest BCUT2D eigenvalue weighted by Crippen LogP contribution is 2.23. The van der Waals surface area contributed by atoms with Crippen molar-refractivity contribution in [2.24, 2.45) is 0 Å². The Morgan fingerprint density at radius 1 is 1.00 bits per heavy atom. The van der Waals surface area contributed by atoms with Crippen LogP contribution in [0.15, 0.2) is 54.6 Å². The average Bonchev–Trinajstić information content (AvgIpc) is 2.68. The molecule has 0 amide bonds. The molecule has 25 heavy (non-hydrogen) atoms. The number of carbonyl (C=O) groups excluding carboxylic acids is 1. The van der Waals surface area contributed by atoms with E-state index in [4.69, 9.17) is 16.3 Å². The first-order chi connectivity index (χ1) is 12.2. The van der Waals surface area contributed by atoms with E-state index >= 15 is 0 Å². The zero-order chi connectivity index (χ0) is 17.5. The van der Waals surface area contributed by atoms with E-state index in [2.05, 4.69) is 4.90 Å². The first kappa shape index (κ1) is 18.0. The minimum absolute atomic E-state index is 0.450. The summed E-state index contributed by atoms with van der Waals surface area (Å²) < 4.78 is 5.40. The van der Waals surface area contributed by atoms with E-state index in [1.807, 2.05) is 54.6 Å². The Bertz CT molecular complexity index is 666. The zero-order valence-electron chi connectivity index (χ0n) is 14.4. The molecule has 1 heterocycles. The van der Waals surface area contributed by atoms with Gasteiger partial charge in [-0.1, -0.05) is 48.9 Å². The predicted octanol–water partition coefficient (Wildman–Crippen LogP) is 4.60. The lowest BCUT2D eigenvalue weighted by atomic mass is 10.1. The molecule has 0 N–H and O–H groups in total. The Labute approximate surface area is 154 Å². The standard InChI is InChI=1S/C21H24ClNO2/c22-20(18-7-3-1-4-8-18)21(24)25-19-11-9-17(10-12-19)13-16-23-14-5-2-6-15-23/h1,3-4,7-12,20H,2,5-6,13-16H2. The van der Waals surface area contributed by atoms with E-state index < -0.39 is 11.3 Å². The van der Waals surface area contributed by atoms with Crippen LogP contribution in [0.5, 0.6) is 5.75 Å². The molecular weight excluding hydrogens is 334 g/mol. The molecule has 1 fully saturated rings. The van der Waals surface area contributed by atoms with Crippen LogP contribution >= 0.6 is 11.6 Å². The summed E-state index contributed by atoms with van der Waals surface area (Å²) in [5.41, 5.74) is 2.00. The fourth-order valence-corrected chi connectivity index (χ4v) is 3.31. The summed E-state index contributed by atoms with van der Waals surface area (Å²) in [6, 6.07) is 17.0. The van der Waals surface area contributed by atoms with Crippen LogP contribution in [0.25, 0.3) is 0 Å². The van der Waals surface area contributed by atoms with Gasteiger partial charge >= 0.3 is 5.97 Å². The summed E-state index contributed by atoms with van der Waals surface area (Å²) in [6.07, 6.45) is 5.02. The summed E-state index contributed by atoms with van der Waals surface area (Å²) >= 11 is 6.19. The van der Waals surface area contributed by atoms with Gasteiger partial charge in [-0.2, -0.15) is 0 Å². The first-order valence-corrected chi connectivity index (χ1v) is 9.38. The number of hydrogen-bond donors (Lipinski definition) is 0. The smallest absolute Gasteiger partial charge is 0.334 e. The average molecular weight is 358 g/mol. The normalized spacial score (nSPS) is 16.4. The summed E-state index contributed by atoms with van der Waals surface area (Å²) in [7, 11) is 0. The van der Waals surface area contributed by atoms with E-state index in [-0.39, 0.29) is 0 Å². The third-order valence-electron chi connectivity index (χ3n) is 4.61. The van der Waals surface area contributed by atoms with Crippen LogP contribution in [-0.4, -0.2) is 30.5 Å². The Balaban J connectivity index is 1.50. The maximum atomic E-state index is 12.2. The van der Waals surface area contributed by atoms with Gasteiger partial charge in [0, 0.05) is 6.54 Å². The lowest BCUT2D eigenvalue weighted by Crippen LogP contribution is -2.31. The fraction of sp³-hybridized carbons (Fsp3) is 0.381. The van der Waals surface area contributed by atoms with Gasteiger partial charge in [0.05, 0.1) is 0 Å². The van der Waals surface area contributed by atoms with E-state index in [1.54, 1.807) is 0 Å². The summed E-state index contributed by atoms with van der Waals surface area (Å²) in [5, 5.41) is -0.792. The van der Waals surface area contributed by atoms with Crippen LogP contribution in [-0.2, 0) is 11.2 Å². The summed E-state index contributed by atoms with van der Waals surface area (Å²) in [4.78, 5) is 14.7. The number of esters is 1. The van der Waals surface area contributed by atoms with Gasteiger partial charge in [0.1, 0.15) is 5.75 Å². The fourth-order valence-electron chi connectivity index (χ4n) is 3.12. The molecule has 0 bridgehead atoms. The molecule has 1 aliphatic heterocycles. The molecule has 4 heteroatoms. The quantitative estimate of drug-likeness (QED) is 0.430. The van der Waals surface area contributed by atoms with E-state index in [0.29, 0.717) is 5.75 Å². The lowest BCUT2D eigenvalue weighted by Gasteiger charge is -2.26. The van der Waals surface area contributed by atoms with Gasteiger partial charge in [-0.05, 0) is 55.6 Å². The second-order valence-corrected chi connectivity index (χ2v) is 6.93. The summed E-state index contributed by atoms with van der Waals surface area (Å²) in [6.45, 7) is 3.52. The van der Waals surface area contributed by atoms with Gasteiger partial charge in [-0.3, -0.25) is 0 Å². The van der Waals surface area contributed by atoms with Crippen molar-refractivity contribution in [3.05, 3.63) is 65.7 Å². The second-order valence-electron chi connectivity index (χ2n) is 6.49. The van der Waals surface area contributed by atoms with Crippen LogP contribution in [0.4, 0.5) is 0 Å². The van der Waals surface area contributed by atoms with Crippen LogP contribution < -0.4 is 4.74 Å². The molecule has 0 aromatic heterocycles. The van der Waals surface area contributed by atoms with Crippen LogP contribution in [0.3, 0.4) is 0 Å². The van der Waals surface area contributed by atoms with Gasteiger partial charge in [-0.25, -0.2) is 4.79 Å². The van der Waals surface area contributed by atoms with Gasteiger partial charge in [0.25, 0.3) is 0 Å².